The summed E-state index contributed by atoms with van der Waals surface area (Å²) >= 11 is 0. The quantitative estimate of drug-likeness (QED) is 0.891. The average Bonchev–Trinajstić information content (AvgIpc) is 2.88. The van der Waals surface area contributed by atoms with Crippen molar-refractivity contribution in [2.75, 3.05) is 5.32 Å². The fourth-order valence-corrected chi connectivity index (χ4v) is 2.40. The molecule has 1 N–H and O–H groups in total. The van der Waals surface area contributed by atoms with Crippen LogP contribution in [0, 0.1) is 6.92 Å². The second kappa shape index (κ2) is 6.57. The van der Waals surface area contributed by atoms with Gasteiger partial charge in [0.25, 0.3) is 5.91 Å². The van der Waals surface area contributed by atoms with Crippen LogP contribution in [-0.2, 0) is 6.42 Å². The number of carbonyl (C=O) groups excluding carboxylic acids is 1. The van der Waals surface area contributed by atoms with Gasteiger partial charge < -0.3 is 9.84 Å². The molecule has 0 aliphatic rings. The molecule has 0 saturated heterocycles. The highest BCUT2D eigenvalue weighted by atomic mass is 16.5. The lowest BCUT2D eigenvalue weighted by molar-refractivity contribution is 0.102. The molecule has 4 heteroatoms. The van der Waals surface area contributed by atoms with E-state index in [1.54, 1.807) is 6.92 Å². The molecule has 0 aliphatic heterocycles. The normalized spacial score (nSPS) is 12.2. The first-order valence-corrected chi connectivity index (χ1v) is 7.43. The second-order valence-corrected chi connectivity index (χ2v) is 5.26. The number of nitrogens with zero attached hydrogens (tertiary/aromatic N) is 1. The van der Waals surface area contributed by atoms with Crippen LogP contribution in [0.2, 0.25) is 0 Å². The van der Waals surface area contributed by atoms with Crippen LogP contribution in [0.25, 0.3) is 0 Å². The fourth-order valence-electron chi connectivity index (χ4n) is 2.40. The topological polar surface area (TPSA) is 55.1 Å². The average molecular weight is 286 g/mol. The molecule has 1 aromatic heterocycles. The first-order valence-electron chi connectivity index (χ1n) is 7.43. The maximum atomic E-state index is 12.5. The molecular formula is C17H22N2O2. The van der Waals surface area contributed by atoms with E-state index in [4.69, 9.17) is 4.52 Å². The molecule has 0 bridgehead atoms. The number of aryl methyl sites for hydroxylation is 2. The maximum Gasteiger partial charge on any atom is 0.261 e. The van der Waals surface area contributed by atoms with Gasteiger partial charge in [0.05, 0.1) is 5.69 Å². The monoisotopic (exact) mass is 286 g/mol. The maximum absolute atomic E-state index is 12.5. The molecule has 112 valence electrons. The summed E-state index contributed by atoms with van der Waals surface area (Å²) in [5, 5.41) is 6.94. The zero-order valence-corrected chi connectivity index (χ0v) is 13.1. The van der Waals surface area contributed by atoms with E-state index in [0.717, 1.165) is 17.7 Å². The third kappa shape index (κ3) is 3.15. The smallest absolute Gasteiger partial charge is 0.261 e. The number of rotatable bonds is 5. The van der Waals surface area contributed by atoms with Crippen LogP contribution in [0.15, 0.2) is 28.8 Å². The molecule has 2 rings (SSSR count). The van der Waals surface area contributed by atoms with Crippen LogP contribution in [0.4, 0.5) is 5.69 Å². The second-order valence-electron chi connectivity index (χ2n) is 5.26. The van der Waals surface area contributed by atoms with Gasteiger partial charge in [-0.25, -0.2) is 0 Å². The number of carbonyl (C=O) groups is 1. The molecule has 1 amide bonds. The number of para-hydroxylation sites is 1. The summed E-state index contributed by atoms with van der Waals surface area (Å²) in [5.74, 6) is 0.808. The Bertz CT molecular complexity index is 631. The molecule has 0 aliphatic carbocycles. The van der Waals surface area contributed by atoms with Gasteiger partial charge in [0, 0.05) is 5.69 Å². The predicted octanol–water partition coefficient (Wildman–Crippen LogP) is 4.31. The largest absolute Gasteiger partial charge is 0.361 e. The predicted molar refractivity (Wildman–Crippen MR) is 83.7 cm³/mol. The lowest BCUT2D eigenvalue weighted by atomic mass is 9.96. The van der Waals surface area contributed by atoms with Gasteiger partial charge in [0.1, 0.15) is 11.3 Å². The number of benzene rings is 1. The van der Waals surface area contributed by atoms with E-state index in [0.29, 0.717) is 29.4 Å². The minimum Gasteiger partial charge on any atom is -0.361 e. The molecule has 1 aromatic carbocycles. The summed E-state index contributed by atoms with van der Waals surface area (Å²) in [6.45, 7) is 8.03. The van der Waals surface area contributed by atoms with Gasteiger partial charge >= 0.3 is 0 Å². The van der Waals surface area contributed by atoms with Gasteiger partial charge in [-0.15, -0.1) is 0 Å². The van der Waals surface area contributed by atoms with E-state index in [-0.39, 0.29) is 5.91 Å². The minimum atomic E-state index is -0.152. The Kier molecular flexibility index (Phi) is 4.78. The molecule has 0 spiro atoms. The molecule has 2 aromatic rings. The molecule has 0 radical (unpaired) electrons. The van der Waals surface area contributed by atoms with Crippen LogP contribution in [0.1, 0.15) is 60.5 Å². The number of aromatic nitrogens is 1. The van der Waals surface area contributed by atoms with Crippen molar-refractivity contribution in [1.29, 1.82) is 0 Å². The van der Waals surface area contributed by atoms with Crippen LogP contribution in [0.5, 0.6) is 0 Å². The number of anilines is 1. The highest BCUT2D eigenvalue weighted by Crippen LogP contribution is 2.27. The fraction of sp³-hybridized carbons (Fsp3) is 0.412. The van der Waals surface area contributed by atoms with Crippen molar-refractivity contribution in [3.05, 3.63) is 46.8 Å². The van der Waals surface area contributed by atoms with Gasteiger partial charge in [0.15, 0.2) is 0 Å². The van der Waals surface area contributed by atoms with E-state index >= 15 is 0 Å². The highest BCUT2D eigenvalue weighted by molar-refractivity contribution is 6.06. The Morgan fingerprint density at radius 2 is 2.05 bits per heavy atom. The Balaban J connectivity index is 2.30. The van der Waals surface area contributed by atoms with E-state index in [2.05, 4.69) is 30.4 Å². The van der Waals surface area contributed by atoms with Crippen LogP contribution in [0.3, 0.4) is 0 Å². The Labute approximate surface area is 125 Å². The molecule has 1 heterocycles. The molecular weight excluding hydrogens is 264 g/mol. The molecule has 4 nitrogen and oxygen atoms in total. The van der Waals surface area contributed by atoms with Crippen molar-refractivity contribution in [3.63, 3.8) is 0 Å². The minimum absolute atomic E-state index is 0.152. The van der Waals surface area contributed by atoms with Gasteiger partial charge in [-0.3, -0.25) is 4.79 Å². The summed E-state index contributed by atoms with van der Waals surface area (Å²) in [4.78, 5) is 12.5. The number of nitrogens with one attached hydrogen (secondary N) is 1. The molecule has 21 heavy (non-hydrogen) atoms. The Morgan fingerprint density at radius 3 is 2.71 bits per heavy atom. The zero-order valence-electron chi connectivity index (χ0n) is 13.1. The van der Waals surface area contributed by atoms with Crippen molar-refractivity contribution in [3.8, 4) is 0 Å². The number of hydrogen-bond acceptors (Lipinski definition) is 3. The Morgan fingerprint density at radius 1 is 1.33 bits per heavy atom. The summed E-state index contributed by atoms with van der Waals surface area (Å²) in [5.41, 5.74) is 3.27. The van der Waals surface area contributed by atoms with Gasteiger partial charge in [-0.2, -0.15) is 0 Å². The number of hydrogen-bond donors (Lipinski definition) is 1. The Hall–Kier alpha value is -2.10. The first kappa shape index (κ1) is 15.3. The lowest BCUT2D eigenvalue weighted by Crippen LogP contribution is -2.16. The van der Waals surface area contributed by atoms with Crippen LogP contribution < -0.4 is 5.32 Å². The number of amides is 1. The van der Waals surface area contributed by atoms with Gasteiger partial charge in [0.2, 0.25) is 0 Å². The van der Waals surface area contributed by atoms with E-state index < -0.39 is 0 Å². The SMILES string of the molecule is CCc1noc(C)c1C(=O)Nc1ccccc1[C@@H](C)CC. The summed E-state index contributed by atoms with van der Waals surface area (Å²) in [6, 6.07) is 7.93. The third-order valence-electron chi connectivity index (χ3n) is 3.85. The van der Waals surface area contributed by atoms with Crippen molar-refractivity contribution in [2.24, 2.45) is 0 Å². The molecule has 0 saturated carbocycles. The molecule has 1 atom stereocenters. The van der Waals surface area contributed by atoms with Gasteiger partial charge in [-0.1, -0.05) is 44.1 Å². The molecule has 0 unspecified atom stereocenters. The molecule has 0 fully saturated rings. The van der Waals surface area contributed by atoms with Crippen molar-refractivity contribution >= 4 is 11.6 Å². The van der Waals surface area contributed by atoms with Gasteiger partial charge in [-0.05, 0) is 37.3 Å². The van der Waals surface area contributed by atoms with E-state index in [1.165, 1.54) is 0 Å². The summed E-state index contributed by atoms with van der Waals surface area (Å²) < 4.78 is 5.13. The standard InChI is InChI=1S/C17H22N2O2/c1-5-11(3)13-9-7-8-10-15(13)18-17(20)16-12(4)21-19-14(16)6-2/h7-11H,5-6H2,1-4H3,(H,18,20)/t11-/m0/s1. The van der Waals surface area contributed by atoms with E-state index in [9.17, 15) is 4.79 Å². The first-order chi connectivity index (χ1) is 10.1. The van der Waals surface area contributed by atoms with Crippen molar-refractivity contribution in [2.45, 2.75) is 46.5 Å². The summed E-state index contributed by atoms with van der Waals surface area (Å²) in [6.07, 6.45) is 1.70. The summed E-state index contributed by atoms with van der Waals surface area (Å²) in [7, 11) is 0. The van der Waals surface area contributed by atoms with Crippen LogP contribution >= 0.6 is 0 Å². The zero-order chi connectivity index (χ0) is 15.4. The van der Waals surface area contributed by atoms with Crippen molar-refractivity contribution < 1.29 is 9.32 Å². The lowest BCUT2D eigenvalue weighted by Gasteiger charge is -2.15. The van der Waals surface area contributed by atoms with Crippen molar-refractivity contribution in [1.82, 2.24) is 5.16 Å². The van der Waals surface area contributed by atoms with Crippen LogP contribution in [-0.4, -0.2) is 11.1 Å². The highest BCUT2D eigenvalue weighted by Gasteiger charge is 2.20. The third-order valence-corrected chi connectivity index (χ3v) is 3.85. The van der Waals surface area contributed by atoms with E-state index in [1.807, 2.05) is 25.1 Å².